The maximum atomic E-state index is 13.0. The van der Waals surface area contributed by atoms with E-state index in [4.69, 9.17) is 5.26 Å². The molecule has 0 saturated carbocycles. The van der Waals surface area contributed by atoms with Crippen molar-refractivity contribution in [3.8, 4) is 18.0 Å². The molecule has 0 heterocycles. The van der Waals surface area contributed by atoms with Gasteiger partial charge in [-0.3, -0.25) is 9.69 Å². The van der Waals surface area contributed by atoms with Crippen molar-refractivity contribution < 1.29 is 13.2 Å². The summed E-state index contributed by atoms with van der Waals surface area (Å²) in [6.07, 6.45) is 1.54. The van der Waals surface area contributed by atoms with Gasteiger partial charge in [0.25, 0.3) is 5.91 Å². The largest absolute Gasteiger partial charge is 0.268 e. The summed E-state index contributed by atoms with van der Waals surface area (Å²) >= 11 is 0. The van der Waals surface area contributed by atoms with Crippen LogP contribution in [-0.2, 0) is 22.8 Å². The van der Waals surface area contributed by atoms with E-state index >= 15 is 0 Å². The van der Waals surface area contributed by atoms with Crippen molar-refractivity contribution in [3.63, 3.8) is 0 Å². The predicted octanol–water partition coefficient (Wildman–Crippen LogP) is 3.81. The molecular weight excluding hydrogens is 408 g/mol. The Morgan fingerprint density at radius 2 is 1.65 bits per heavy atom. The van der Waals surface area contributed by atoms with E-state index in [9.17, 15) is 13.2 Å². The van der Waals surface area contributed by atoms with Gasteiger partial charge in [-0.1, -0.05) is 48.4 Å². The fraction of sp³-hybridized carbons (Fsp3) is 0.120. The molecule has 0 unspecified atom stereocenters. The van der Waals surface area contributed by atoms with Crippen molar-refractivity contribution in [1.82, 2.24) is 4.90 Å². The molecule has 0 aliphatic rings. The summed E-state index contributed by atoms with van der Waals surface area (Å²) in [5.74, 6) is 2.77. The molecule has 0 atom stereocenters. The summed E-state index contributed by atoms with van der Waals surface area (Å²) in [6, 6.07) is 27.5. The van der Waals surface area contributed by atoms with Crippen molar-refractivity contribution in [1.29, 1.82) is 5.26 Å². The molecule has 154 valence electrons. The molecule has 0 bridgehead atoms. The fourth-order valence-corrected chi connectivity index (χ4v) is 3.54. The molecule has 0 fully saturated rings. The van der Waals surface area contributed by atoms with Crippen LogP contribution in [0.15, 0.2) is 83.8 Å². The highest BCUT2D eigenvalue weighted by Gasteiger charge is 2.15. The van der Waals surface area contributed by atoms with Crippen LogP contribution in [0.3, 0.4) is 0 Å². The van der Waals surface area contributed by atoms with E-state index in [2.05, 4.69) is 18.0 Å². The van der Waals surface area contributed by atoms with E-state index in [1.54, 1.807) is 54.6 Å². The average Bonchev–Trinajstić information content (AvgIpc) is 2.78. The second-order valence-electron chi connectivity index (χ2n) is 6.95. The molecule has 6 heteroatoms. The van der Waals surface area contributed by atoms with Gasteiger partial charge in [0.05, 0.1) is 23.1 Å². The molecule has 0 radical (unpaired) electrons. The highest BCUT2D eigenvalue weighted by atomic mass is 32.2. The molecule has 3 aromatic carbocycles. The molecule has 0 saturated heterocycles. The third-order valence-electron chi connectivity index (χ3n) is 4.52. The normalized spacial score (nSPS) is 10.5. The minimum absolute atomic E-state index is 0.211. The first-order valence-corrected chi connectivity index (χ1v) is 11.4. The summed E-state index contributed by atoms with van der Waals surface area (Å²) < 4.78 is 23.3. The lowest BCUT2D eigenvalue weighted by Gasteiger charge is -2.16. The number of nitrogens with zero attached hydrogens (tertiary/aromatic N) is 2. The number of carbonyl (C=O) groups excluding carboxylic acids is 1. The topological polar surface area (TPSA) is 78.2 Å². The number of amides is 1. The molecule has 3 aromatic rings. The SMILES string of the molecule is CS(=O)(=O)c1ccc(CN(C#CCc2cccc(C#N)c2)C(=O)c2ccccc2)cc1. The summed E-state index contributed by atoms with van der Waals surface area (Å²) in [6.45, 7) is 0.211. The van der Waals surface area contributed by atoms with Gasteiger partial charge < -0.3 is 0 Å². The highest BCUT2D eigenvalue weighted by Crippen LogP contribution is 2.14. The van der Waals surface area contributed by atoms with Gasteiger partial charge in [0.15, 0.2) is 9.84 Å². The Kier molecular flexibility index (Phi) is 6.87. The van der Waals surface area contributed by atoms with Gasteiger partial charge in [-0.25, -0.2) is 8.42 Å². The van der Waals surface area contributed by atoms with Gasteiger partial charge in [0, 0.05) is 24.3 Å². The molecule has 3 rings (SSSR count). The Morgan fingerprint density at radius 3 is 2.29 bits per heavy atom. The second kappa shape index (κ2) is 9.75. The number of carbonyl (C=O) groups is 1. The quantitative estimate of drug-likeness (QED) is 0.457. The Bertz CT molecular complexity index is 1280. The number of rotatable bonds is 5. The van der Waals surface area contributed by atoms with Crippen LogP contribution in [0.2, 0.25) is 0 Å². The maximum Gasteiger partial charge on any atom is 0.265 e. The van der Waals surface area contributed by atoms with Crippen molar-refractivity contribution in [3.05, 3.63) is 101 Å². The number of hydrogen-bond donors (Lipinski definition) is 0. The van der Waals surface area contributed by atoms with Crippen LogP contribution in [0.1, 0.15) is 27.0 Å². The zero-order valence-corrected chi connectivity index (χ0v) is 17.8. The molecule has 0 aliphatic carbocycles. The molecule has 0 aromatic heterocycles. The molecule has 5 nitrogen and oxygen atoms in total. The van der Waals surface area contributed by atoms with Gasteiger partial charge >= 0.3 is 0 Å². The minimum Gasteiger partial charge on any atom is -0.268 e. The van der Waals surface area contributed by atoms with Gasteiger partial charge in [-0.2, -0.15) is 5.26 Å². The van der Waals surface area contributed by atoms with E-state index in [-0.39, 0.29) is 17.3 Å². The van der Waals surface area contributed by atoms with E-state index in [0.717, 1.165) is 17.4 Å². The number of hydrogen-bond acceptors (Lipinski definition) is 4. The Morgan fingerprint density at radius 1 is 0.935 bits per heavy atom. The first-order valence-electron chi connectivity index (χ1n) is 9.50. The van der Waals surface area contributed by atoms with Crippen LogP contribution >= 0.6 is 0 Å². The average molecular weight is 429 g/mol. The molecule has 0 spiro atoms. The van der Waals surface area contributed by atoms with Crippen LogP contribution in [0.25, 0.3) is 0 Å². The van der Waals surface area contributed by atoms with E-state index in [0.29, 0.717) is 17.5 Å². The maximum absolute atomic E-state index is 13.0. The zero-order valence-electron chi connectivity index (χ0n) is 16.9. The molecule has 0 N–H and O–H groups in total. The van der Waals surface area contributed by atoms with Crippen molar-refractivity contribution in [2.75, 3.05) is 6.26 Å². The van der Waals surface area contributed by atoms with Gasteiger partial charge in [0.2, 0.25) is 0 Å². The lowest BCUT2D eigenvalue weighted by molar-refractivity contribution is 0.0826. The zero-order chi connectivity index (χ0) is 22.3. The molecule has 31 heavy (non-hydrogen) atoms. The predicted molar refractivity (Wildman–Crippen MR) is 119 cm³/mol. The second-order valence-corrected chi connectivity index (χ2v) is 8.97. The van der Waals surface area contributed by atoms with Crippen LogP contribution < -0.4 is 0 Å². The van der Waals surface area contributed by atoms with E-state index in [1.165, 1.54) is 17.0 Å². The number of benzene rings is 3. The van der Waals surface area contributed by atoms with Crippen LogP contribution in [-0.4, -0.2) is 25.5 Å². The number of nitriles is 1. The minimum atomic E-state index is -3.29. The fourth-order valence-electron chi connectivity index (χ4n) is 2.91. The van der Waals surface area contributed by atoms with Crippen LogP contribution in [0, 0.1) is 23.3 Å². The van der Waals surface area contributed by atoms with Crippen LogP contribution in [0.4, 0.5) is 0 Å². The Labute approximate surface area is 182 Å². The van der Waals surface area contributed by atoms with E-state index < -0.39 is 9.84 Å². The molecule has 0 aliphatic heterocycles. The van der Waals surface area contributed by atoms with Gasteiger partial charge in [0.1, 0.15) is 0 Å². The van der Waals surface area contributed by atoms with Crippen molar-refractivity contribution in [2.24, 2.45) is 0 Å². The van der Waals surface area contributed by atoms with Crippen molar-refractivity contribution in [2.45, 2.75) is 17.9 Å². The molecular formula is C25H20N2O3S. The van der Waals surface area contributed by atoms with Crippen molar-refractivity contribution >= 4 is 15.7 Å². The third-order valence-corrected chi connectivity index (χ3v) is 5.65. The molecule has 1 amide bonds. The summed E-state index contributed by atoms with van der Waals surface area (Å²) in [5.41, 5.74) is 2.71. The van der Waals surface area contributed by atoms with Gasteiger partial charge in [-0.05, 0) is 47.5 Å². The lowest BCUT2D eigenvalue weighted by Crippen LogP contribution is -2.26. The first-order chi connectivity index (χ1) is 14.9. The van der Waals surface area contributed by atoms with E-state index in [1.807, 2.05) is 12.1 Å². The number of sulfone groups is 1. The van der Waals surface area contributed by atoms with Gasteiger partial charge in [-0.15, -0.1) is 0 Å². The summed E-state index contributed by atoms with van der Waals surface area (Å²) in [5, 5.41) is 9.03. The first kappa shape index (κ1) is 21.8. The third kappa shape index (κ3) is 6.05. The summed E-state index contributed by atoms with van der Waals surface area (Å²) in [4.78, 5) is 14.6. The lowest BCUT2D eigenvalue weighted by atomic mass is 10.1. The van der Waals surface area contributed by atoms with Crippen LogP contribution in [0.5, 0.6) is 0 Å². The monoisotopic (exact) mass is 428 g/mol. The standard InChI is InChI=1S/C25H20N2O3S/c1-31(29,30)24-14-12-21(13-15-24)19-27(25(28)23-10-3-2-4-11-23)16-6-9-20-7-5-8-22(17-20)18-26/h2-5,7-8,10-15,17H,9,19H2,1H3. The smallest absolute Gasteiger partial charge is 0.265 e. The highest BCUT2D eigenvalue weighted by molar-refractivity contribution is 7.90. The summed E-state index contributed by atoms with van der Waals surface area (Å²) in [7, 11) is -3.29. The Balaban J connectivity index is 1.85. The Hall–Kier alpha value is -3.87.